The smallest absolute Gasteiger partial charge is 0.167 e. The Balaban J connectivity index is 2.00. The van der Waals surface area contributed by atoms with E-state index in [9.17, 15) is 4.39 Å². The maximum atomic E-state index is 13.5. The van der Waals surface area contributed by atoms with E-state index in [1.54, 1.807) is 24.5 Å². The number of aromatic amines is 1. The predicted molar refractivity (Wildman–Crippen MR) is 63.5 cm³/mol. The molecule has 0 saturated carbocycles. The predicted octanol–water partition coefficient (Wildman–Crippen LogP) is 2.56. The number of nitrogens with zero attached hydrogens (tertiary/aromatic N) is 1. The van der Waals surface area contributed by atoms with Crippen LogP contribution < -0.4 is 10.1 Å². The van der Waals surface area contributed by atoms with Crippen molar-refractivity contribution in [3.8, 4) is 5.75 Å². The van der Waals surface area contributed by atoms with E-state index >= 15 is 0 Å². The summed E-state index contributed by atoms with van der Waals surface area (Å²) in [5.74, 6) is 0.714. The first kappa shape index (κ1) is 11.4. The minimum Gasteiger partial charge on any atom is -0.491 e. The van der Waals surface area contributed by atoms with E-state index in [0.717, 1.165) is 5.82 Å². The number of nitrogens with one attached hydrogen (secondary N) is 2. The molecule has 4 nitrogen and oxygen atoms in total. The number of anilines is 1. The van der Waals surface area contributed by atoms with E-state index in [2.05, 4.69) is 15.3 Å². The monoisotopic (exact) mass is 235 g/mol. The van der Waals surface area contributed by atoms with Crippen molar-refractivity contribution >= 4 is 5.69 Å². The minimum atomic E-state index is -0.365. The molecule has 0 radical (unpaired) electrons. The molecule has 0 saturated heterocycles. The Morgan fingerprint density at radius 1 is 1.47 bits per heavy atom. The molecule has 0 spiro atoms. The standard InChI is InChI=1S/C12H14FN3O/c1-2-17-11-4-3-9(7-10(11)13)16-8-12-14-5-6-15-12/h3-7,16H,2,8H2,1H3,(H,14,15). The molecule has 0 aliphatic heterocycles. The molecule has 0 aliphatic carbocycles. The molecule has 17 heavy (non-hydrogen) atoms. The van der Waals surface area contributed by atoms with E-state index in [-0.39, 0.29) is 11.6 Å². The first-order valence-electron chi connectivity index (χ1n) is 5.44. The number of hydrogen-bond acceptors (Lipinski definition) is 3. The average Bonchev–Trinajstić information content (AvgIpc) is 2.83. The van der Waals surface area contributed by atoms with Gasteiger partial charge in [-0.3, -0.25) is 0 Å². The Kier molecular flexibility index (Phi) is 3.59. The lowest BCUT2D eigenvalue weighted by molar-refractivity contribution is 0.321. The molecule has 1 heterocycles. The molecular formula is C12H14FN3O. The van der Waals surface area contributed by atoms with Crippen molar-refractivity contribution in [3.63, 3.8) is 0 Å². The van der Waals surface area contributed by atoms with Crippen LogP contribution in [0.1, 0.15) is 12.7 Å². The summed E-state index contributed by atoms with van der Waals surface area (Å²) in [7, 11) is 0. The van der Waals surface area contributed by atoms with Gasteiger partial charge >= 0.3 is 0 Å². The van der Waals surface area contributed by atoms with Gasteiger partial charge in [0.15, 0.2) is 11.6 Å². The van der Waals surface area contributed by atoms with Gasteiger partial charge in [0, 0.05) is 24.1 Å². The van der Waals surface area contributed by atoms with Crippen molar-refractivity contribution in [2.24, 2.45) is 0 Å². The Morgan fingerprint density at radius 2 is 2.35 bits per heavy atom. The third kappa shape index (κ3) is 2.96. The van der Waals surface area contributed by atoms with Crippen LogP contribution in [0.25, 0.3) is 0 Å². The summed E-state index contributed by atoms with van der Waals surface area (Å²) >= 11 is 0. The molecule has 5 heteroatoms. The number of aromatic nitrogens is 2. The molecule has 90 valence electrons. The fourth-order valence-electron chi connectivity index (χ4n) is 1.46. The van der Waals surface area contributed by atoms with E-state index in [4.69, 9.17) is 4.74 Å². The number of H-pyrrole nitrogens is 1. The summed E-state index contributed by atoms with van der Waals surface area (Å²) in [6.45, 7) is 2.80. The molecule has 1 aromatic carbocycles. The van der Waals surface area contributed by atoms with Crippen LogP contribution in [0.3, 0.4) is 0 Å². The zero-order chi connectivity index (χ0) is 12.1. The second kappa shape index (κ2) is 5.34. The van der Waals surface area contributed by atoms with E-state index < -0.39 is 0 Å². The molecule has 2 aromatic rings. The van der Waals surface area contributed by atoms with Gasteiger partial charge in [-0.05, 0) is 19.1 Å². The molecule has 0 bridgehead atoms. The van der Waals surface area contributed by atoms with Crippen molar-refractivity contribution in [1.82, 2.24) is 9.97 Å². The van der Waals surface area contributed by atoms with Crippen molar-refractivity contribution in [3.05, 3.63) is 42.2 Å². The normalized spacial score (nSPS) is 10.2. The molecule has 0 aliphatic rings. The summed E-state index contributed by atoms with van der Waals surface area (Å²) in [5, 5.41) is 3.07. The van der Waals surface area contributed by atoms with Crippen LogP contribution in [0.15, 0.2) is 30.6 Å². The highest BCUT2D eigenvalue weighted by Crippen LogP contribution is 2.21. The van der Waals surface area contributed by atoms with Gasteiger partial charge < -0.3 is 15.0 Å². The first-order valence-corrected chi connectivity index (χ1v) is 5.44. The van der Waals surface area contributed by atoms with Crippen LogP contribution in [0.5, 0.6) is 5.75 Å². The fraction of sp³-hybridized carbons (Fsp3) is 0.250. The van der Waals surface area contributed by atoms with E-state index in [0.29, 0.717) is 18.8 Å². The van der Waals surface area contributed by atoms with Gasteiger partial charge in [-0.1, -0.05) is 0 Å². The van der Waals surface area contributed by atoms with Gasteiger partial charge in [0.2, 0.25) is 0 Å². The van der Waals surface area contributed by atoms with Crippen LogP contribution >= 0.6 is 0 Å². The highest BCUT2D eigenvalue weighted by molar-refractivity contribution is 5.47. The first-order chi connectivity index (χ1) is 8.29. The van der Waals surface area contributed by atoms with Gasteiger partial charge in [-0.2, -0.15) is 0 Å². The fourth-order valence-corrected chi connectivity index (χ4v) is 1.46. The zero-order valence-corrected chi connectivity index (χ0v) is 9.53. The van der Waals surface area contributed by atoms with Gasteiger partial charge in [-0.15, -0.1) is 0 Å². The molecule has 0 atom stereocenters. The summed E-state index contributed by atoms with van der Waals surface area (Å²) < 4.78 is 18.6. The number of rotatable bonds is 5. The third-order valence-corrected chi connectivity index (χ3v) is 2.25. The van der Waals surface area contributed by atoms with Gasteiger partial charge in [0.25, 0.3) is 0 Å². The Hall–Kier alpha value is -2.04. The van der Waals surface area contributed by atoms with Crippen LogP contribution in [0, 0.1) is 5.82 Å². The highest BCUT2D eigenvalue weighted by atomic mass is 19.1. The maximum Gasteiger partial charge on any atom is 0.167 e. The van der Waals surface area contributed by atoms with Gasteiger partial charge in [-0.25, -0.2) is 9.37 Å². The molecule has 0 fully saturated rings. The summed E-state index contributed by atoms with van der Waals surface area (Å²) in [5.41, 5.74) is 0.697. The van der Waals surface area contributed by atoms with Gasteiger partial charge in [0.1, 0.15) is 5.82 Å². The van der Waals surface area contributed by atoms with Crippen LogP contribution in [0.4, 0.5) is 10.1 Å². The summed E-state index contributed by atoms with van der Waals surface area (Å²) in [6, 6.07) is 4.80. The van der Waals surface area contributed by atoms with Crippen molar-refractivity contribution < 1.29 is 9.13 Å². The Morgan fingerprint density at radius 3 is 3.00 bits per heavy atom. The highest BCUT2D eigenvalue weighted by Gasteiger charge is 2.04. The van der Waals surface area contributed by atoms with E-state index in [1.165, 1.54) is 6.07 Å². The maximum absolute atomic E-state index is 13.5. The van der Waals surface area contributed by atoms with Crippen molar-refractivity contribution in [2.75, 3.05) is 11.9 Å². The average molecular weight is 235 g/mol. The molecule has 0 amide bonds. The van der Waals surface area contributed by atoms with Crippen molar-refractivity contribution in [2.45, 2.75) is 13.5 Å². The summed E-state index contributed by atoms with van der Waals surface area (Å²) in [4.78, 5) is 7.03. The lowest BCUT2D eigenvalue weighted by Crippen LogP contribution is -2.02. The topological polar surface area (TPSA) is 49.9 Å². The number of hydrogen-bond donors (Lipinski definition) is 2. The number of halogens is 1. The van der Waals surface area contributed by atoms with Crippen LogP contribution in [-0.4, -0.2) is 16.6 Å². The SMILES string of the molecule is CCOc1ccc(NCc2ncc[nH]2)cc1F. The van der Waals surface area contributed by atoms with E-state index in [1.807, 2.05) is 6.92 Å². The van der Waals surface area contributed by atoms with Crippen LogP contribution in [-0.2, 0) is 6.54 Å². The second-order valence-corrected chi connectivity index (χ2v) is 3.47. The summed E-state index contributed by atoms with van der Waals surface area (Å²) in [6.07, 6.45) is 3.42. The quantitative estimate of drug-likeness (QED) is 0.837. The molecule has 1 aromatic heterocycles. The molecule has 2 N–H and O–H groups in total. The second-order valence-electron chi connectivity index (χ2n) is 3.47. The minimum absolute atomic E-state index is 0.274. The molecular weight excluding hydrogens is 221 g/mol. The molecule has 2 rings (SSSR count). The lowest BCUT2D eigenvalue weighted by Gasteiger charge is -2.08. The molecule has 0 unspecified atom stereocenters. The van der Waals surface area contributed by atoms with Crippen molar-refractivity contribution in [1.29, 1.82) is 0 Å². The lowest BCUT2D eigenvalue weighted by atomic mass is 10.3. The number of ether oxygens (including phenoxy) is 1. The zero-order valence-electron chi connectivity index (χ0n) is 9.53. The van der Waals surface area contributed by atoms with Gasteiger partial charge in [0.05, 0.1) is 13.2 Å². The number of benzene rings is 1. The Labute approximate surface area is 98.8 Å². The number of imidazole rings is 1. The largest absolute Gasteiger partial charge is 0.491 e. The third-order valence-electron chi connectivity index (χ3n) is 2.25. The van der Waals surface area contributed by atoms with Crippen LogP contribution in [0.2, 0.25) is 0 Å². The Bertz CT molecular complexity index is 471.